The lowest BCUT2D eigenvalue weighted by Gasteiger charge is -2.49. The van der Waals surface area contributed by atoms with Gasteiger partial charge in [0.1, 0.15) is 11.6 Å². The molecule has 1 fully saturated rings. The Morgan fingerprint density at radius 1 is 1.09 bits per heavy atom. The number of ether oxygens (including phenoxy) is 1. The number of nitrogens with one attached hydrogen (secondary N) is 2. The Balaban J connectivity index is 2.27. The molecule has 2 amide bonds. The molecule has 5 nitrogen and oxygen atoms in total. The highest BCUT2D eigenvalue weighted by Crippen LogP contribution is 2.48. The van der Waals surface area contributed by atoms with E-state index < -0.39 is 17.7 Å². The Hall–Kier alpha value is -1.75. The van der Waals surface area contributed by atoms with Crippen LogP contribution in [-0.4, -0.2) is 29.7 Å². The molecule has 1 aromatic rings. The summed E-state index contributed by atoms with van der Waals surface area (Å²) in [6.07, 6.45) is 4.27. The van der Waals surface area contributed by atoms with Gasteiger partial charge in [-0.15, -0.1) is 0 Å². The number of amides is 2. The molecular formula is C26H41ClN2O3. The van der Waals surface area contributed by atoms with Crippen LogP contribution in [0.1, 0.15) is 86.1 Å². The van der Waals surface area contributed by atoms with Crippen molar-refractivity contribution in [3.63, 3.8) is 0 Å². The second-order valence-electron chi connectivity index (χ2n) is 10.7. The summed E-state index contributed by atoms with van der Waals surface area (Å²) in [5.41, 5.74) is 0.501. The summed E-state index contributed by atoms with van der Waals surface area (Å²) in [7, 11) is 0. The average molecular weight is 465 g/mol. The summed E-state index contributed by atoms with van der Waals surface area (Å²) >= 11 is 6.14. The molecular weight excluding hydrogens is 424 g/mol. The molecule has 6 heteroatoms. The van der Waals surface area contributed by atoms with Crippen molar-refractivity contribution in [2.75, 3.05) is 0 Å². The van der Waals surface area contributed by atoms with Gasteiger partial charge in [-0.25, -0.2) is 4.79 Å². The lowest BCUT2D eigenvalue weighted by atomic mass is 9.58. The molecule has 1 aliphatic rings. The van der Waals surface area contributed by atoms with Gasteiger partial charge in [0.2, 0.25) is 5.91 Å². The Kier molecular flexibility index (Phi) is 9.04. The molecule has 2 rings (SSSR count). The van der Waals surface area contributed by atoms with Crippen molar-refractivity contribution in [2.45, 2.75) is 104 Å². The van der Waals surface area contributed by atoms with Gasteiger partial charge < -0.3 is 15.4 Å². The minimum atomic E-state index is -0.646. The standard InChI is InChI=1S/C26H41ClN2O3/c1-8-18(4)22(29-24(31)32-25(5,6)7)23(30)28-21(16-17(2)3)26(14-9-15-26)19-10-12-20(27)13-11-19/h10-13,17-18,21-22H,8-9,14-16H2,1-7H3,(H,28,30)(H,29,31)/t18-,21-,22-/m1/s1. The third-order valence-corrected chi connectivity index (χ3v) is 6.78. The summed E-state index contributed by atoms with van der Waals surface area (Å²) in [6, 6.07) is 7.37. The third kappa shape index (κ3) is 6.87. The zero-order valence-corrected chi connectivity index (χ0v) is 21.5. The molecule has 0 bridgehead atoms. The molecule has 0 aliphatic heterocycles. The highest BCUT2D eigenvalue weighted by atomic mass is 35.5. The largest absolute Gasteiger partial charge is 0.444 e. The van der Waals surface area contributed by atoms with Crippen LogP contribution in [0.5, 0.6) is 0 Å². The molecule has 3 atom stereocenters. The zero-order valence-electron chi connectivity index (χ0n) is 20.8. The van der Waals surface area contributed by atoms with Gasteiger partial charge in [-0.05, 0) is 69.6 Å². The smallest absolute Gasteiger partial charge is 0.408 e. The van der Waals surface area contributed by atoms with Crippen LogP contribution >= 0.6 is 11.6 Å². The zero-order chi connectivity index (χ0) is 24.1. The molecule has 0 spiro atoms. The first-order valence-electron chi connectivity index (χ1n) is 11.9. The van der Waals surface area contributed by atoms with E-state index in [1.165, 1.54) is 5.56 Å². The summed E-state index contributed by atoms with van der Waals surface area (Å²) < 4.78 is 5.42. The van der Waals surface area contributed by atoms with E-state index in [0.717, 1.165) is 32.1 Å². The maximum atomic E-state index is 13.5. The summed E-state index contributed by atoms with van der Waals surface area (Å²) in [5.74, 6) is 0.261. The number of halogens is 1. The topological polar surface area (TPSA) is 67.4 Å². The van der Waals surface area contributed by atoms with Gasteiger partial charge in [0.25, 0.3) is 0 Å². The van der Waals surface area contributed by atoms with Crippen LogP contribution in [0.15, 0.2) is 24.3 Å². The van der Waals surface area contributed by atoms with Crippen molar-refractivity contribution in [1.82, 2.24) is 10.6 Å². The van der Waals surface area contributed by atoms with E-state index in [2.05, 4.69) is 36.6 Å². The monoisotopic (exact) mass is 464 g/mol. The summed E-state index contributed by atoms with van der Waals surface area (Å²) in [5, 5.41) is 6.89. The molecule has 1 aliphatic carbocycles. The molecule has 1 aromatic carbocycles. The van der Waals surface area contributed by atoms with Gasteiger partial charge >= 0.3 is 6.09 Å². The minimum Gasteiger partial charge on any atom is -0.444 e. The minimum absolute atomic E-state index is 0.0167. The lowest BCUT2D eigenvalue weighted by Crippen LogP contribution is -2.59. The first kappa shape index (κ1) is 26.5. The molecule has 0 heterocycles. The molecule has 0 aromatic heterocycles. The average Bonchev–Trinajstić information content (AvgIpc) is 2.64. The highest BCUT2D eigenvalue weighted by molar-refractivity contribution is 6.30. The quantitative estimate of drug-likeness (QED) is 0.455. The Labute approximate surface area is 199 Å². The van der Waals surface area contributed by atoms with Crippen LogP contribution in [0.3, 0.4) is 0 Å². The fourth-order valence-corrected chi connectivity index (χ4v) is 4.60. The number of rotatable bonds is 9. The summed E-state index contributed by atoms with van der Waals surface area (Å²) in [4.78, 5) is 26.0. The van der Waals surface area contributed by atoms with Crippen molar-refractivity contribution in [2.24, 2.45) is 11.8 Å². The van der Waals surface area contributed by atoms with Crippen molar-refractivity contribution in [3.05, 3.63) is 34.9 Å². The number of hydrogen-bond donors (Lipinski definition) is 2. The number of benzene rings is 1. The fourth-order valence-electron chi connectivity index (χ4n) is 4.47. The van der Waals surface area contributed by atoms with Crippen LogP contribution < -0.4 is 10.6 Å². The predicted molar refractivity (Wildman–Crippen MR) is 131 cm³/mol. The van der Waals surface area contributed by atoms with E-state index in [-0.39, 0.29) is 23.3 Å². The van der Waals surface area contributed by atoms with Crippen molar-refractivity contribution in [3.8, 4) is 0 Å². The van der Waals surface area contributed by atoms with E-state index >= 15 is 0 Å². The van der Waals surface area contributed by atoms with Gasteiger partial charge in [-0.1, -0.05) is 64.3 Å². The third-order valence-electron chi connectivity index (χ3n) is 6.52. The van der Waals surface area contributed by atoms with Gasteiger partial charge in [-0.2, -0.15) is 0 Å². The van der Waals surface area contributed by atoms with Gasteiger partial charge in [0.05, 0.1) is 0 Å². The maximum absolute atomic E-state index is 13.5. The Bertz CT molecular complexity index is 766. The molecule has 2 N–H and O–H groups in total. The number of hydrogen-bond acceptors (Lipinski definition) is 3. The molecule has 1 saturated carbocycles. The van der Waals surface area contributed by atoms with Gasteiger partial charge in [-0.3, -0.25) is 4.79 Å². The first-order chi connectivity index (χ1) is 14.9. The second-order valence-corrected chi connectivity index (χ2v) is 11.2. The predicted octanol–water partition coefficient (Wildman–Crippen LogP) is 6.23. The lowest BCUT2D eigenvalue weighted by molar-refractivity contribution is -0.126. The van der Waals surface area contributed by atoms with E-state index in [9.17, 15) is 9.59 Å². The molecule has 180 valence electrons. The van der Waals surface area contributed by atoms with Gasteiger partial charge in [0.15, 0.2) is 0 Å². The van der Waals surface area contributed by atoms with E-state index in [1.807, 2.05) is 46.8 Å². The molecule has 0 radical (unpaired) electrons. The molecule has 0 unspecified atom stereocenters. The first-order valence-corrected chi connectivity index (χ1v) is 12.3. The Morgan fingerprint density at radius 3 is 2.12 bits per heavy atom. The fraction of sp³-hybridized carbons (Fsp3) is 0.692. The van der Waals surface area contributed by atoms with Gasteiger partial charge in [0, 0.05) is 16.5 Å². The van der Waals surface area contributed by atoms with E-state index in [1.54, 1.807) is 0 Å². The van der Waals surface area contributed by atoms with E-state index in [4.69, 9.17) is 16.3 Å². The van der Waals surface area contributed by atoms with Crippen molar-refractivity contribution >= 4 is 23.6 Å². The van der Waals surface area contributed by atoms with E-state index in [0.29, 0.717) is 10.9 Å². The second kappa shape index (κ2) is 10.9. The highest BCUT2D eigenvalue weighted by Gasteiger charge is 2.47. The van der Waals surface area contributed by atoms with Crippen molar-refractivity contribution in [1.29, 1.82) is 0 Å². The SMILES string of the molecule is CC[C@@H](C)[C@@H](NC(=O)OC(C)(C)C)C(=O)N[C@H](CC(C)C)C1(c2ccc(Cl)cc2)CCC1. The number of carbonyl (C=O) groups is 2. The van der Waals surface area contributed by atoms with Crippen LogP contribution in [0.25, 0.3) is 0 Å². The van der Waals surface area contributed by atoms with Crippen LogP contribution in [-0.2, 0) is 14.9 Å². The summed E-state index contributed by atoms with van der Waals surface area (Å²) in [6.45, 7) is 13.8. The number of carbonyl (C=O) groups excluding carboxylic acids is 2. The number of alkyl carbamates (subject to hydrolysis) is 1. The van der Waals surface area contributed by atoms with Crippen LogP contribution in [0.2, 0.25) is 5.02 Å². The van der Waals surface area contributed by atoms with Crippen molar-refractivity contribution < 1.29 is 14.3 Å². The molecule has 0 saturated heterocycles. The molecule has 32 heavy (non-hydrogen) atoms. The Morgan fingerprint density at radius 2 is 1.69 bits per heavy atom. The maximum Gasteiger partial charge on any atom is 0.408 e. The van der Waals surface area contributed by atoms with Crippen LogP contribution in [0.4, 0.5) is 4.79 Å². The normalized spacial score (nSPS) is 18.3. The van der Waals surface area contributed by atoms with Crippen LogP contribution in [0, 0.1) is 11.8 Å².